The molecule has 3 rings (SSSR count). The molecule has 27 heavy (non-hydrogen) atoms. The Bertz CT molecular complexity index is 835. The van der Waals surface area contributed by atoms with Crippen LogP contribution < -0.4 is 16.0 Å². The summed E-state index contributed by atoms with van der Waals surface area (Å²) in [6.07, 6.45) is 3.98. The lowest BCUT2D eigenvalue weighted by Gasteiger charge is -2.36. The van der Waals surface area contributed by atoms with E-state index >= 15 is 0 Å². The van der Waals surface area contributed by atoms with E-state index in [0.717, 1.165) is 41.4 Å². The third-order valence-corrected chi connectivity index (χ3v) is 5.37. The standard InChI is InChI=1S/C21H31N5O/c1-6-7-8-9-16-14(4)22-21(25-19(16)27)26-20-23-15(5)17-11-12(2)10-13(3)18(17)24-20/h10-11,14,16,21-22H,6-9H2,1-5H3,(H,25,27)(H,23,24,26). The highest BCUT2D eigenvalue weighted by Crippen LogP contribution is 2.23. The van der Waals surface area contributed by atoms with Gasteiger partial charge in [0.25, 0.3) is 0 Å². The average molecular weight is 370 g/mol. The van der Waals surface area contributed by atoms with Crippen LogP contribution in [0.5, 0.6) is 0 Å². The molecule has 3 N–H and O–H groups in total. The Kier molecular flexibility index (Phi) is 5.95. The summed E-state index contributed by atoms with van der Waals surface area (Å²) in [5, 5.41) is 10.8. The molecule has 0 spiro atoms. The number of carbonyl (C=O) groups is 1. The van der Waals surface area contributed by atoms with Gasteiger partial charge in [-0.15, -0.1) is 0 Å². The molecule has 1 amide bonds. The Morgan fingerprint density at radius 1 is 1.15 bits per heavy atom. The predicted molar refractivity (Wildman–Crippen MR) is 110 cm³/mol. The zero-order chi connectivity index (χ0) is 19.6. The van der Waals surface area contributed by atoms with Crippen LogP contribution in [-0.2, 0) is 4.79 Å². The quantitative estimate of drug-likeness (QED) is 0.679. The molecule has 0 saturated carbocycles. The summed E-state index contributed by atoms with van der Waals surface area (Å²) in [4.78, 5) is 21.8. The monoisotopic (exact) mass is 369 g/mol. The molecule has 3 atom stereocenters. The summed E-state index contributed by atoms with van der Waals surface area (Å²) < 4.78 is 0. The number of rotatable bonds is 6. The largest absolute Gasteiger partial charge is 0.323 e. The number of aryl methyl sites for hydroxylation is 3. The topological polar surface area (TPSA) is 78.9 Å². The summed E-state index contributed by atoms with van der Waals surface area (Å²) in [5.74, 6) is 0.639. The third kappa shape index (κ3) is 4.38. The summed E-state index contributed by atoms with van der Waals surface area (Å²) in [6, 6.07) is 4.35. The Labute approximate surface area is 161 Å². The van der Waals surface area contributed by atoms with E-state index in [-0.39, 0.29) is 24.2 Å². The van der Waals surface area contributed by atoms with Gasteiger partial charge in [-0.25, -0.2) is 9.97 Å². The van der Waals surface area contributed by atoms with Crippen molar-refractivity contribution in [3.8, 4) is 0 Å². The van der Waals surface area contributed by atoms with Crippen molar-refractivity contribution in [3.63, 3.8) is 0 Å². The predicted octanol–water partition coefficient (Wildman–Crippen LogP) is 3.55. The second-order valence-corrected chi connectivity index (χ2v) is 7.75. The van der Waals surface area contributed by atoms with E-state index < -0.39 is 0 Å². The zero-order valence-electron chi connectivity index (χ0n) is 17.0. The number of unbranched alkanes of at least 4 members (excludes halogenated alkanes) is 2. The molecule has 1 aliphatic heterocycles. The molecular weight excluding hydrogens is 338 g/mol. The van der Waals surface area contributed by atoms with Crippen LogP contribution in [0.4, 0.5) is 5.95 Å². The molecule has 146 valence electrons. The Morgan fingerprint density at radius 3 is 2.63 bits per heavy atom. The van der Waals surface area contributed by atoms with Crippen molar-refractivity contribution in [2.24, 2.45) is 5.92 Å². The van der Waals surface area contributed by atoms with E-state index in [0.29, 0.717) is 5.95 Å². The second kappa shape index (κ2) is 8.21. The van der Waals surface area contributed by atoms with Crippen LogP contribution in [-0.4, -0.2) is 28.2 Å². The van der Waals surface area contributed by atoms with E-state index in [1.54, 1.807) is 0 Å². The molecule has 1 aliphatic rings. The van der Waals surface area contributed by atoms with E-state index in [1.807, 2.05) is 6.92 Å². The lowest BCUT2D eigenvalue weighted by atomic mass is 9.92. The molecule has 6 nitrogen and oxygen atoms in total. The molecule has 1 aromatic heterocycles. The van der Waals surface area contributed by atoms with Gasteiger partial charge in [0.1, 0.15) is 0 Å². The van der Waals surface area contributed by atoms with Crippen molar-refractivity contribution < 1.29 is 4.79 Å². The van der Waals surface area contributed by atoms with Gasteiger partial charge >= 0.3 is 0 Å². The first-order valence-electron chi connectivity index (χ1n) is 9.97. The van der Waals surface area contributed by atoms with E-state index in [9.17, 15) is 4.79 Å². The first-order valence-corrected chi connectivity index (χ1v) is 9.97. The van der Waals surface area contributed by atoms with Crippen molar-refractivity contribution in [3.05, 3.63) is 29.0 Å². The zero-order valence-corrected chi connectivity index (χ0v) is 17.0. The average Bonchev–Trinajstić information content (AvgIpc) is 2.58. The van der Waals surface area contributed by atoms with E-state index in [1.165, 1.54) is 12.0 Å². The number of nitrogens with zero attached hydrogens (tertiary/aromatic N) is 2. The SMILES string of the molecule is CCCCCC1C(=O)NC(Nc2nc(C)c3cc(C)cc(C)c3n2)NC1C. The highest BCUT2D eigenvalue weighted by molar-refractivity contribution is 5.85. The van der Waals surface area contributed by atoms with E-state index in [4.69, 9.17) is 0 Å². The van der Waals surface area contributed by atoms with Crippen molar-refractivity contribution in [2.75, 3.05) is 5.32 Å². The minimum atomic E-state index is -0.363. The van der Waals surface area contributed by atoms with Gasteiger partial charge in [-0.05, 0) is 45.7 Å². The second-order valence-electron chi connectivity index (χ2n) is 7.75. The Balaban J connectivity index is 1.74. The molecule has 0 radical (unpaired) electrons. The van der Waals surface area contributed by atoms with Gasteiger partial charge < -0.3 is 10.6 Å². The molecule has 0 aliphatic carbocycles. The van der Waals surface area contributed by atoms with Crippen LogP contribution in [0.3, 0.4) is 0 Å². The number of hydrogen-bond donors (Lipinski definition) is 3. The number of amides is 1. The molecule has 2 heterocycles. The van der Waals surface area contributed by atoms with Crippen molar-refractivity contribution >= 4 is 22.8 Å². The van der Waals surface area contributed by atoms with Crippen LogP contribution >= 0.6 is 0 Å². The fourth-order valence-corrected chi connectivity index (χ4v) is 3.90. The minimum Gasteiger partial charge on any atom is -0.323 e. The van der Waals surface area contributed by atoms with Gasteiger partial charge in [-0.1, -0.05) is 37.8 Å². The van der Waals surface area contributed by atoms with Gasteiger partial charge in [0.2, 0.25) is 11.9 Å². The highest BCUT2D eigenvalue weighted by atomic mass is 16.2. The molecule has 1 fully saturated rings. The van der Waals surface area contributed by atoms with Gasteiger partial charge in [0.15, 0.2) is 6.29 Å². The molecule has 6 heteroatoms. The van der Waals surface area contributed by atoms with E-state index in [2.05, 4.69) is 65.7 Å². The van der Waals surface area contributed by atoms with Crippen LogP contribution in [0, 0.1) is 26.7 Å². The maximum atomic E-state index is 12.5. The smallest absolute Gasteiger partial charge is 0.227 e. The molecule has 2 aromatic rings. The number of nitrogens with one attached hydrogen (secondary N) is 3. The third-order valence-electron chi connectivity index (χ3n) is 5.37. The Morgan fingerprint density at radius 2 is 1.93 bits per heavy atom. The normalized spacial score (nSPS) is 22.7. The number of hydrogen-bond acceptors (Lipinski definition) is 5. The molecule has 3 unspecified atom stereocenters. The molecule has 0 bridgehead atoms. The highest BCUT2D eigenvalue weighted by Gasteiger charge is 2.33. The van der Waals surface area contributed by atoms with Crippen LogP contribution in [0.1, 0.15) is 56.4 Å². The van der Waals surface area contributed by atoms with Crippen molar-refractivity contribution in [1.29, 1.82) is 0 Å². The van der Waals surface area contributed by atoms with Gasteiger partial charge in [-0.2, -0.15) is 0 Å². The molecule has 1 saturated heterocycles. The van der Waals surface area contributed by atoms with Gasteiger partial charge in [-0.3, -0.25) is 10.1 Å². The summed E-state index contributed by atoms with van der Waals surface area (Å²) in [5.41, 5.74) is 4.21. The van der Waals surface area contributed by atoms with Crippen LogP contribution in [0.25, 0.3) is 10.9 Å². The van der Waals surface area contributed by atoms with Crippen LogP contribution in [0.2, 0.25) is 0 Å². The lowest BCUT2D eigenvalue weighted by Crippen LogP contribution is -2.63. The lowest BCUT2D eigenvalue weighted by molar-refractivity contribution is -0.129. The maximum Gasteiger partial charge on any atom is 0.227 e. The van der Waals surface area contributed by atoms with Crippen molar-refractivity contribution in [1.82, 2.24) is 20.6 Å². The number of benzene rings is 1. The minimum absolute atomic E-state index is 0.0130. The number of carbonyl (C=O) groups excluding carboxylic acids is 1. The van der Waals surface area contributed by atoms with Crippen molar-refractivity contribution in [2.45, 2.75) is 72.6 Å². The fraction of sp³-hybridized carbons (Fsp3) is 0.571. The summed E-state index contributed by atoms with van der Waals surface area (Å²) in [7, 11) is 0. The van der Waals surface area contributed by atoms with Gasteiger partial charge in [0, 0.05) is 11.4 Å². The summed E-state index contributed by atoms with van der Waals surface area (Å²) in [6.45, 7) is 10.4. The number of fused-ring (bicyclic) bond motifs is 1. The first kappa shape index (κ1) is 19.5. The van der Waals surface area contributed by atoms with Gasteiger partial charge in [0.05, 0.1) is 17.1 Å². The first-order chi connectivity index (χ1) is 12.9. The molecule has 1 aromatic carbocycles. The number of aromatic nitrogens is 2. The fourth-order valence-electron chi connectivity index (χ4n) is 3.90. The molecular formula is C21H31N5O. The number of anilines is 1. The summed E-state index contributed by atoms with van der Waals surface area (Å²) >= 11 is 0. The Hall–Kier alpha value is -2.21. The maximum absolute atomic E-state index is 12.5. The van der Waals surface area contributed by atoms with Crippen LogP contribution in [0.15, 0.2) is 12.1 Å².